The molecule has 5 aliphatic heterocycles. The molecule has 3 amide bonds. The van der Waals surface area contributed by atoms with Crippen LogP contribution in [-0.4, -0.2) is 112 Å². The molecule has 4 N–H and O–H groups in total. The van der Waals surface area contributed by atoms with Gasteiger partial charge in [-0.15, -0.1) is 11.3 Å². The Morgan fingerprint density at radius 1 is 1.00 bits per heavy atom. The molecular formula is C49H48ClN7O10S2. The normalized spacial score (nSPS) is 20.5. The van der Waals surface area contributed by atoms with Crippen molar-refractivity contribution in [3.05, 3.63) is 99.0 Å². The number of ether oxygens (including phenoxy) is 1. The molecule has 2 unspecified atom stereocenters. The number of carboxylic acids is 2. The first-order chi connectivity index (χ1) is 33.0. The second-order valence-electron chi connectivity index (χ2n) is 18.8. The lowest BCUT2D eigenvalue weighted by Crippen LogP contribution is -2.55. The number of benzene rings is 3. The monoisotopic (exact) mass is 993 g/mol. The van der Waals surface area contributed by atoms with Gasteiger partial charge in [-0.2, -0.15) is 4.31 Å². The van der Waals surface area contributed by atoms with Crippen LogP contribution in [0.4, 0.5) is 17.2 Å². The van der Waals surface area contributed by atoms with Crippen molar-refractivity contribution >= 4 is 96.4 Å². The number of nitrogens with zero attached hydrogens (tertiary/aromatic N) is 5. The molecule has 69 heavy (non-hydrogen) atoms. The zero-order valence-electron chi connectivity index (χ0n) is 37.7. The Balaban J connectivity index is 0.755. The summed E-state index contributed by atoms with van der Waals surface area (Å²) in [6.07, 6.45) is 5.37. The van der Waals surface area contributed by atoms with E-state index < -0.39 is 46.1 Å². The van der Waals surface area contributed by atoms with Gasteiger partial charge in [0, 0.05) is 72.5 Å². The predicted octanol–water partition coefficient (Wildman–Crippen LogP) is 7.19. The second-order valence-corrected chi connectivity index (χ2v) is 22.1. The summed E-state index contributed by atoms with van der Waals surface area (Å²) < 4.78 is 35.1. The highest BCUT2D eigenvalue weighted by Gasteiger charge is 2.43. The first-order valence-corrected chi connectivity index (χ1v) is 25.6. The highest BCUT2D eigenvalue weighted by atomic mass is 35.5. The van der Waals surface area contributed by atoms with Crippen molar-refractivity contribution in [2.75, 3.05) is 36.5 Å². The number of pyridine rings is 1. The molecule has 20 heteroatoms. The summed E-state index contributed by atoms with van der Waals surface area (Å²) in [6, 6.07) is 18.1. The highest BCUT2D eigenvalue weighted by molar-refractivity contribution is 7.88. The molecule has 0 radical (unpaired) electrons. The standard InChI is InChI=1S/C49H48ClN7O10S2/c1-49(2)22-31(52-30-6-3-5-28(20-30)43-41(50)42(67-24-39(59)60)44(68-43)48(63)64)15-18-56(49)69(65,66)25-26-19-29-21-37(53-45(29)51-23-26)55-16-13-27(14-17-55)32-9-10-35-40-33(32)7-4-8-34(40)47(62)57(35)36-11-12-38(58)54-46(36)61/h3-10,19-20,23,27,31,36,52H,11-18,21-22,24-25H2,1-2H3,(H,59,60)(H,63,64)(H,54,58,61). The molecule has 5 aliphatic rings. The van der Waals surface area contributed by atoms with E-state index in [1.165, 1.54) is 0 Å². The Labute approximate surface area is 406 Å². The van der Waals surface area contributed by atoms with Crippen LogP contribution in [0.1, 0.15) is 95.0 Å². The number of imide groups is 1. The minimum absolute atomic E-state index is 0.00921. The van der Waals surface area contributed by atoms with Crippen molar-refractivity contribution in [3.63, 3.8) is 0 Å². The molecule has 0 saturated carbocycles. The van der Waals surface area contributed by atoms with Gasteiger partial charge in [-0.1, -0.05) is 41.9 Å². The van der Waals surface area contributed by atoms with E-state index in [-0.39, 0.29) is 64.6 Å². The van der Waals surface area contributed by atoms with Gasteiger partial charge in [0.2, 0.25) is 21.8 Å². The maximum Gasteiger partial charge on any atom is 0.349 e. The predicted molar refractivity (Wildman–Crippen MR) is 260 cm³/mol. The van der Waals surface area contributed by atoms with Crippen molar-refractivity contribution in [3.8, 4) is 16.2 Å². The Morgan fingerprint density at radius 2 is 1.78 bits per heavy atom. The minimum atomic E-state index is -3.77. The number of aromatic carboxylic acids is 1. The second kappa shape index (κ2) is 17.8. The van der Waals surface area contributed by atoms with Gasteiger partial charge in [0.1, 0.15) is 16.9 Å². The lowest BCUT2D eigenvalue weighted by molar-refractivity contribution is -0.139. The first kappa shape index (κ1) is 46.3. The molecule has 7 heterocycles. The number of sulfonamides is 1. The van der Waals surface area contributed by atoms with E-state index in [0.29, 0.717) is 52.3 Å². The van der Waals surface area contributed by atoms with Gasteiger partial charge in [-0.05, 0) is 104 Å². The molecule has 2 atom stereocenters. The summed E-state index contributed by atoms with van der Waals surface area (Å²) in [5, 5.41) is 26.6. The number of amidine groups is 1. The fourth-order valence-corrected chi connectivity index (χ4v) is 14.1. The average molecular weight is 995 g/mol. The van der Waals surface area contributed by atoms with E-state index in [1.54, 1.807) is 33.6 Å². The molecule has 0 spiro atoms. The molecular weight excluding hydrogens is 946 g/mol. The molecule has 3 fully saturated rings. The zero-order valence-corrected chi connectivity index (χ0v) is 40.0. The van der Waals surface area contributed by atoms with Crippen LogP contribution in [0.25, 0.3) is 21.2 Å². The first-order valence-electron chi connectivity index (χ1n) is 22.8. The fourth-order valence-electron chi connectivity index (χ4n) is 10.7. The molecule has 5 aromatic rings. The third-order valence-corrected chi connectivity index (χ3v) is 17.5. The van der Waals surface area contributed by atoms with Crippen molar-refractivity contribution in [1.29, 1.82) is 0 Å². The lowest BCUT2D eigenvalue weighted by Gasteiger charge is -2.45. The lowest BCUT2D eigenvalue weighted by atomic mass is 9.85. The van der Waals surface area contributed by atoms with Gasteiger partial charge in [0.15, 0.2) is 23.1 Å². The summed E-state index contributed by atoms with van der Waals surface area (Å²) in [5.41, 5.74) is 4.51. The smallest absolute Gasteiger partial charge is 0.349 e. The third-order valence-electron chi connectivity index (χ3n) is 13.8. The molecule has 3 aromatic carbocycles. The number of rotatable bonds is 12. The largest absolute Gasteiger partial charge is 0.479 e. The summed E-state index contributed by atoms with van der Waals surface area (Å²) in [4.78, 5) is 75.0. The molecule has 0 bridgehead atoms. The number of amides is 3. The Hall–Kier alpha value is -6.41. The number of aliphatic carboxylic acids is 1. The number of thiophene rings is 1. The van der Waals surface area contributed by atoms with Crippen molar-refractivity contribution in [2.45, 2.75) is 88.1 Å². The van der Waals surface area contributed by atoms with E-state index in [9.17, 15) is 37.5 Å². The summed E-state index contributed by atoms with van der Waals surface area (Å²) in [5.74, 6) is -2.23. The number of hydrogen-bond donors (Lipinski definition) is 4. The van der Waals surface area contributed by atoms with Crippen LogP contribution in [0, 0.1) is 0 Å². The van der Waals surface area contributed by atoms with E-state index in [0.717, 1.165) is 70.7 Å². The van der Waals surface area contributed by atoms with Gasteiger partial charge >= 0.3 is 11.9 Å². The SMILES string of the molecule is CC1(C)CC(Nc2cccc(-c3sc(C(=O)O)c(OCC(=O)O)c3Cl)c2)CCN1S(=O)(=O)Cc1cnc2c(c1)CC(N1CCC(c3ccc4c5c(cccc35)C(=O)N4C3CCC(=O)NC3=O)CC1)=N2. The highest BCUT2D eigenvalue weighted by Crippen LogP contribution is 2.47. The van der Waals surface area contributed by atoms with Crippen molar-refractivity contribution in [1.82, 2.24) is 19.5 Å². The van der Waals surface area contributed by atoms with Crippen molar-refractivity contribution in [2.24, 2.45) is 4.99 Å². The number of carbonyl (C=O) groups excluding carboxylic acids is 3. The van der Waals surface area contributed by atoms with Crippen molar-refractivity contribution < 1.29 is 47.3 Å². The van der Waals surface area contributed by atoms with Crippen LogP contribution in [-0.2, 0) is 36.6 Å². The Morgan fingerprint density at radius 3 is 2.52 bits per heavy atom. The Bertz CT molecular complexity index is 3150. The van der Waals surface area contributed by atoms with E-state index in [2.05, 4.69) is 26.6 Å². The van der Waals surface area contributed by atoms with E-state index in [1.807, 2.05) is 50.2 Å². The van der Waals surface area contributed by atoms with Gasteiger partial charge < -0.3 is 25.2 Å². The number of carboxylic acid groups (broad SMARTS) is 2. The zero-order chi connectivity index (χ0) is 48.5. The van der Waals surface area contributed by atoms with Crippen LogP contribution in [0.2, 0.25) is 5.02 Å². The number of fused-ring (bicyclic) bond motifs is 1. The van der Waals surface area contributed by atoms with Gasteiger partial charge in [0.25, 0.3) is 5.91 Å². The number of aliphatic imine (C=N–C) groups is 1. The number of halogens is 1. The van der Waals surface area contributed by atoms with Crippen LogP contribution < -0.4 is 20.3 Å². The van der Waals surface area contributed by atoms with Gasteiger partial charge in [-0.25, -0.2) is 28.0 Å². The molecule has 2 aromatic heterocycles. The number of likely N-dealkylation sites (tertiary alicyclic amines) is 1. The number of nitrogens with one attached hydrogen (secondary N) is 2. The number of aromatic nitrogens is 1. The van der Waals surface area contributed by atoms with Crippen LogP contribution in [0.3, 0.4) is 0 Å². The number of piperidine rings is 3. The van der Waals surface area contributed by atoms with Gasteiger partial charge in [-0.3, -0.25) is 24.6 Å². The summed E-state index contributed by atoms with van der Waals surface area (Å²) >= 11 is 7.43. The van der Waals surface area contributed by atoms with E-state index >= 15 is 0 Å². The number of hydrogen-bond acceptors (Lipinski definition) is 13. The topological polar surface area (TPSA) is 228 Å². The number of carbonyl (C=O) groups is 5. The van der Waals surface area contributed by atoms with E-state index in [4.69, 9.17) is 26.4 Å². The maximum atomic E-state index is 14.1. The quantitative estimate of drug-likeness (QED) is 0.0909. The molecule has 10 rings (SSSR count). The average Bonchev–Trinajstić information content (AvgIpc) is 3.97. The Kier molecular flexibility index (Phi) is 12.0. The maximum absolute atomic E-state index is 14.1. The summed E-state index contributed by atoms with van der Waals surface area (Å²) in [6.45, 7) is 4.90. The summed E-state index contributed by atoms with van der Waals surface area (Å²) in [7, 11) is -3.77. The molecule has 17 nitrogen and oxygen atoms in total. The minimum Gasteiger partial charge on any atom is -0.479 e. The van der Waals surface area contributed by atoms with Crippen LogP contribution >= 0.6 is 22.9 Å². The van der Waals surface area contributed by atoms with Crippen LogP contribution in [0.15, 0.2) is 71.9 Å². The van der Waals surface area contributed by atoms with Crippen LogP contribution in [0.5, 0.6) is 5.75 Å². The molecule has 0 aliphatic carbocycles. The molecule has 358 valence electrons. The molecule has 3 saturated heterocycles. The number of anilines is 2. The van der Waals surface area contributed by atoms with Gasteiger partial charge in [0.05, 0.1) is 16.3 Å². The third kappa shape index (κ3) is 8.70. The fraction of sp³-hybridized carbons (Fsp3) is 0.367.